The number of hydrogen-bond donors (Lipinski definition) is 2. The first-order valence-corrected chi connectivity index (χ1v) is 6.57. The summed E-state index contributed by atoms with van der Waals surface area (Å²) in [5, 5.41) is 13.3. The summed E-state index contributed by atoms with van der Waals surface area (Å²) < 4.78 is 37.8. The maximum atomic E-state index is 12.6. The molecule has 0 bridgehead atoms. The number of nitrogens with zero attached hydrogens (tertiary/aromatic N) is 1. The number of carbonyl (C=O) groups excluding carboxylic acids is 1. The van der Waals surface area contributed by atoms with E-state index in [-0.39, 0.29) is 11.3 Å². The van der Waals surface area contributed by atoms with Crippen LogP contribution >= 0.6 is 0 Å². The molecule has 0 fully saturated rings. The largest absolute Gasteiger partial charge is 0.507 e. The van der Waals surface area contributed by atoms with Gasteiger partial charge in [-0.1, -0.05) is 12.1 Å². The third-order valence-corrected chi connectivity index (χ3v) is 3.01. The van der Waals surface area contributed by atoms with Crippen LogP contribution in [0, 0.1) is 6.92 Å². The van der Waals surface area contributed by atoms with Gasteiger partial charge in [0.15, 0.2) is 0 Å². The molecule has 0 unspecified atom stereocenters. The van der Waals surface area contributed by atoms with Crippen LogP contribution in [0.5, 0.6) is 5.75 Å². The van der Waals surface area contributed by atoms with Crippen LogP contribution < -0.4 is 5.43 Å². The van der Waals surface area contributed by atoms with E-state index in [0.717, 1.165) is 23.8 Å². The van der Waals surface area contributed by atoms with Gasteiger partial charge in [0.2, 0.25) is 0 Å². The Labute approximate surface area is 130 Å². The van der Waals surface area contributed by atoms with Crippen molar-refractivity contribution in [2.45, 2.75) is 13.1 Å². The lowest BCUT2D eigenvalue weighted by Gasteiger charge is -2.07. The Kier molecular flexibility index (Phi) is 4.68. The topological polar surface area (TPSA) is 61.7 Å². The molecule has 2 rings (SSSR count). The minimum Gasteiger partial charge on any atom is -0.507 e. The van der Waals surface area contributed by atoms with Crippen molar-refractivity contribution in [2.24, 2.45) is 5.10 Å². The third-order valence-electron chi connectivity index (χ3n) is 3.01. The van der Waals surface area contributed by atoms with Crippen LogP contribution in [-0.2, 0) is 6.18 Å². The lowest BCUT2D eigenvalue weighted by atomic mass is 10.1. The highest BCUT2D eigenvalue weighted by Crippen LogP contribution is 2.29. The van der Waals surface area contributed by atoms with Gasteiger partial charge in [0.05, 0.1) is 11.8 Å². The first-order chi connectivity index (χ1) is 10.8. The van der Waals surface area contributed by atoms with E-state index in [9.17, 15) is 23.1 Å². The zero-order valence-electron chi connectivity index (χ0n) is 12.1. The number of hydrogen-bond acceptors (Lipinski definition) is 3. The zero-order valence-corrected chi connectivity index (χ0v) is 12.1. The number of aryl methyl sites for hydroxylation is 1. The molecule has 7 heteroatoms. The number of amides is 1. The molecule has 0 aliphatic rings. The zero-order chi connectivity index (χ0) is 17.0. The summed E-state index contributed by atoms with van der Waals surface area (Å²) in [6, 6.07) is 8.89. The first-order valence-electron chi connectivity index (χ1n) is 6.57. The number of aromatic hydroxyl groups is 1. The second-order valence-corrected chi connectivity index (χ2v) is 4.84. The molecule has 0 saturated carbocycles. The van der Waals surface area contributed by atoms with Crippen molar-refractivity contribution in [3.8, 4) is 5.75 Å². The maximum Gasteiger partial charge on any atom is 0.416 e. The molecule has 0 aliphatic carbocycles. The Bertz CT molecular complexity index is 755. The highest BCUT2D eigenvalue weighted by Gasteiger charge is 2.30. The summed E-state index contributed by atoms with van der Waals surface area (Å²) in [5.74, 6) is -0.791. The van der Waals surface area contributed by atoms with Crippen molar-refractivity contribution < 1.29 is 23.1 Å². The standard InChI is InChI=1S/C16H13F3N2O2/c1-10-5-6-12(14(22)7-10)9-20-21-15(23)11-3-2-4-13(8-11)16(17,18)19/h2-9,22H,1H3,(H,21,23)/b20-9+. The number of halogens is 3. The van der Waals surface area contributed by atoms with Crippen LogP contribution in [0.1, 0.15) is 27.0 Å². The lowest BCUT2D eigenvalue weighted by Crippen LogP contribution is -2.18. The van der Waals surface area contributed by atoms with Crippen molar-refractivity contribution in [2.75, 3.05) is 0 Å². The van der Waals surface area contributed by atoms with Gasteiger partial charge in [-0.05, 0) is 42.8 Å². The fraction of sp³-hybridized carbons (Fsp3) is 0.125. The minimum absolute atomic E-state index is 0.0120. The number of nitrogens with one attached hydrogen (secondary N) is 1. The van der Waals surface area contributed by atoms with Gasteiger partial charge in [-0.3, -0.25) is 4.79 Å². The number of benzene rings is 2. The van der Waals surface area contributed by atoms with E-state index in [2.05, 4.69) is 10.5 Å². The molecule has 2 aromatic rings. The van der Waals surface area contributed by atoms with Gasteiger partial charge in [-0.2, -0.15) is 18.3 Å². The maximum absolute atomic E-state index is 12.6. The molecular weight excluding hydrogens is 309 g/mol. The van der Waals surface area contributed by atoms with Gasteiger partial charge in [0.1, 0.15) is 5.75 Å². The van der Waals surface area contributed by atoms with Crippen LogP contribution in [0.15, 0.2) is 47.6 Å². The van der Waals surface area contributed by atoms with Crippen molar-refractivity contribution >= 4 is 12.1 Å². The van der Waals surface area contributed by atoms with Crippen molar-refractivity contribution in [1.29, 1.82) is 0 Å². The Morgan fingerprint density at radius 3 is 2.61 bits per heavy atom. The molecule has 0 aliphatic heterocycles. The fourth-order valence-corrected chi connectivity index (χ4v) is 1.82. The highest BCUT2D eigenvalue weighted by atomic mass is 19.4. The molecule has 120 valence electrons. The predicted molar refractivity (Wildman–Crippen MR) is 79.3 cm³/mol. The molecule has 0 aromatic heterocycles. The molecule has 4 nitrogen and oxygen atoms in total. The molecule has 0 heterocycles. The Balaban J connectivity index is 2.09. The van der Waals surface area contributed by atoms with E-state index in [0.29, 0.717) is 5.56 Å². The monoisotopic (exact) mass is 322 g/mol. The second kappa shape index (κ2) is 6.51. The predicted octanol–water partition coefficient (Wildman–Crippen LogP) is 3.48. The smallest absolute Gasteiger partial charge is 0.416 e. The van der Waals surface area contributed by atoms with Gasteiger partial charge in [0.25, 0.3) is 5.91 Å². The van der Waals surface area contributed by atoms with Crippen molar-refractivity contribution in [1.82, 2.24) is 5.43 Å². The number of rotatable bonds is 3. The summed E-state index contributed by atoms with van der Waals surface area (Å²) in [7, 11) is 0. The average molecular weight is 322 g/mol. The Morgan fingerprint density at radius 2 is 1.96 bits per heavy atom. The highest BCUT2D eigenvalue weighted by molar-refractivity contribution is 5.95. The molecule has 0 radical (unpaired) electrons. The van der Waals surface area contributed by atoms with E-state index in [1.165, 1.54) is 18.3 Å². The summed E-state index contributed by atoms with van der Waals surface area (Å²) >= 11 is 0. The molecule has 0 spiro atoms. The van der Waals surface area contributed by atoms with E-state index >= 15 is 0 Å². The molecule has 0 saturated heterocycles. The molecule has 2 N–H and O–H groups in total. The molecule has 2 aromatic carbocycles. The van der Waals surface area contributed by atoms with Crippen molar-refractivity contribution in [3.05, 3.63) is 64.7 Å². The summed E-state index contributed by atoms with van der Waals surface area (Å²) in [4.78, 5) is 11.8. The van der Waals surface area contributed by atoms with E-state index in [1.54, 1.807) is 19.1 Å². The Hall–Kier alpha value is -2.83. The average Bonchev–Trinajstić information content (AvgIpc) is 2.48. The van der Waals surface area contributed by atoms with Crippen LogP contribution in [0.25, 0.3) is 0 Å². The molecular formula is C16H13F3N2O2. The summed E-state index contributed by atoms with van der Waals surface area (Å²) in [5.41, 5.74) is 2.28. The summed E-state index contributed by atoms with van der Waals surface area (Å²) in [6.45, 7) is 1.80. The number of alkyl halides is 3. The van der Waals surface area contributed by atoms with Gasteiger partial charge in [-0.25, -0.2) is 5.43 Å². The molecule has 1 amide bonds. The van der Waals surface area contributed by atoms with Gasteiger partial charge < -0.3 is 5.11 Å². The summed E-state index contributed by atoms with van der Waals surface area (Å²) in [6.07, 6.45) is -3.31. The van der Waals surface area contributed by atoms with E-state index in [1.807, 2.05) is 0 Å². The quantitative estimate of drug-likeness (QED) is 0.671. The number of phenolic OH excluding ortho intramolecular Hbond substituents is 1. The van der Waals surface area contributed by atoms with E-state index in [4.69, 9.17) is 0 Å². The van der Waals surface area contributed by atoms with Crippen LogP contribution in [-0.4, -0.2) is 17.2 Å². The number of phenols is 1. The van der Waals surface area contributed by atoms with Gasteiger partial charge >= 0.3 is 6.18 Å². The number of hydrazone groups is 1. The number of carbonyl (C=O) groups is 1. The van der Waals surface area contributed by atoms with Gasteiger partial charge in [-0.15, -0.1) is 0 Å². The molecule has 0 atom stereocenters. The van der Waals surface area contributed by atoms with Crippen molar-refractivity contribution in [3.63, 3.8) is 0 Å². The first kappa shape index (κ1) is 16.5. The third kappa shape index (κ3) is 4.32. The second-order valence-electron chi connectivity index (χ2n) is 4.84. The Morgan fingerprint density at radius 1 is 1.22 bits per heavy atom. The van der Waals surface area contributed by atoms with Crippen LogP contribution in [0.4, 0.5) is 13.2 Å². The SMILES string of the molecule is Cc1ccc(/C=N/NC(=O)c2cccc(C(F)(F)F)c2)c(O)c1. The fourth-order valence-electron chi connectivity index (χ4n) is 1.82. The van der Waals surface area contributed by atoms with E-state index < -0.39 is 17.6 Å². The molecule has 23 heavy (non-hydrogen) atoms. The van der Waals surface area contributed by atoms with Crippen LogP contribution in [0.2, 0.25) is 0 Å². The normalized spacial score (nSPS) is 11.7. The minimum atomic E-state index is -4.52. The van der Waals surface area contributed by atoms with Crippen LogP contribution in [0.3, 0.4) is 0 Å². The van der Waals surface area contributed by atoms with Gasteiger partial charge in [0, 0.05) is 11.1 Å². The lowest BCUT2D eigenvalue weighted by molar-refractivity contribution is -0.137.